The van der Waals surface area contributed by atoms with Crippen molar-refractivity contribution in [3.05, 3.63) is 23.8 Å². The number of benzene rings is 1. The minimum atomic E-state index is -3.48. The van der Waals surface area contributed by atoms with Crippen LogP contribution in [0, 0.1) is 11.3 Å². The van der Waals surface area contributed by atoms with Gasteiger partial charge in [0.15, 0.2) is 0 Å². The summed E-state index contributed by atoms with van der Waals surface area (Å²) in [4.78, 5) is 0. The van der Waals surface area contributed by atoms with Gasteiger partial charge in [-0.2, -0.15) is 9.98 Å². The van der Waals surface area contributed by atoms with Gasteiger partial charge in [0.1, 0.15) is 17.5 Å². The summed E-state index contributed by atoms with van der Waals surface area (Å²) in [5.41, 5.74) is 0.436. The van der Waals surface area contributed by atoms with E-state index in [1.165, 1.54) is 14.2 Å². The van der Waals surface area contributed by atoms with Crippen molar-refractivity contribution < 1.29 is 17.9 Å². The number of methoxy groups -OCH3 is 2. The van der Waals surface area contributed by atoms with Crippen molar-refractivity contribution in [2.24, 2.45) is 0 Å². The highest BCUT2D eigenvalue weighted by Gasteiger charge is 2.19. The van der Waals surface area contributed by atoms with E-state index in [0.717, 1.165) is 6.26 Å². The predicted molar refractivity (Wildman–Crippen MR) is 65.9 cm³/mol. The van der Waals surface area contributed by atoms with Gasteiger partial charge in [-0.15, -0.1) is 0 Å². The van der Waals surface area contributed by atoms with Crippen molar-refractivity contribution in [3.8, 4) is 17.6 Å². The topological polar surface area (TPSA) is 88.4 Å². The van der Waals surface area contributed by atoms with Crippen LogP contribution in [-0.2, 0) is 10.0 Å². The number of rotatable bonds is 5. The molecule has 1 unspecified atom stereocenters. The predicted octanol–water partition coefficient (Wildman–Crippen LogP) is 0.818. The monoisotopic (exact) mass is 270 g/mol. The molecule has 7 heteroatoms. The molecule has 18 heavy (non-hydrogen) atoms. The Labute approximate surface area is 106 Å². The van der Waals surface area contributed by atoms with Crippen LogP contribution in [0.5, 0.6) is 11.5 Å². The standard InChI is InChI=1S/C11H14N2O4S/c1-16-8-4-5-9(11(6-8)17-2)10(7-12)13-18(3,14)15/h4-6,10,13H,1-3H3. The molecule has 0 aliphatic rings. The molecule has 0 saturated carbocycles. The highest BCUT2D eigenvalue weighted by molar-refractivity contribution is 7.88. The second-order valence-corrected chi connectivity index (χ2v) is 5.34. The average molecular weight is 270 g/mol. The first-order valence-electron chi connectivity index (χ1n) is 5.00. The minimum absolute atomic E-state index is 0.386. The van der Waals surface area contributed by atoms with Crippen molar-refractivity contribution >= 4 is 10.0 Å². The second-order valence-electron chi connectivity index (χ2n) is 3.56. The first kappa shape index (κ1) is 14.3. The summed E-state index contributed by atoms with van der Waals surface area (Å²) in [5, 5.41) is 9.03. The molecule has 0 saturated heterocycles. The summed E-state index contributed by atoms with van der Waals surface area (Å²) >= 11 is 0. The fourth-order valence-corrected chi connectivity index (χ4v) is 2.04. The molecule has 0 bridgehead atoms. The molecule has 0 radical (unpaired) electrons. The highest BCUT2D eigenvalue weighted by Crippen LogP contribution is 2.29. The van der Waals surface area contributed by atoms with Gasteiger partial charge in [0.2, 0.25) is 10.0 Å². The molecule has 1 atom stereocenters. The molecule has 0 fully saturated rings. The summed E-state index contributed by atoms with van der Waals surface area (Å²) in [5.74, 6) is 0.948. The number of nitrogens with one attached hydrogen (secondary N) is 1. The van der Waals surface area contributed by atoms with Crippen molar-refractivity contribution in [3.63, 3.8) is 0 Å². The summed E-state index contributed by atoms with van der Waals surface area (Å²) in [6.45, 7) is 0. The number of nitrogens with zero attached hydrogens (tertiary/aromatic N) is 1. The van der Waals surface area contributed by atoms with Crippen LogP contribution in [-0.4, -0.2) is 28.9 Å². The van der Waals surface area contributed by atoms with Crippen molar-refractivity contribution in [2.45, 2.75) is 6.04 Å². The van der Waals surface area contributed by atoms with Crippen LogP contribution in [0.3, 0.4) is 0 Å². The SMILES string of the molecule is COc1ccc(C(C#N)NS(C)(=O)=O)c(OC)c1. The Balaban J connectivity index is 3.18. The molecule has 0 aliphatic carbocycles. The summed E-state index contributed by atoms with van der Waals surface area (Å²) < 4.78 is 34.7. The molecule has 1 aromatic carbocycles. The Morgan fingerprint density at radius 3 is 2.44 bits per heavy atom. The fraction of sp³-hybridized carbons (Fsp3) is 0.364. The lowest BCUT2D eigenvalue weighted by Crippen LogP contribution is -2.26. The molecule has 0 aliphatic heterocycles. The number of ether oxygens (including phenoxy) is 2. The van der Waals surface area contributed by atoms with Crippen LogP contribution in [0.1, 0.15) is 11.6 Å². The molecule has 1 rings (SSSR count). The van der Waals surface area contributed by atoms with E-state index >= 15 is 0 Å². The third-order valence-corrected chi connectivity index (χ3v) is 2.88. The molecule has 1 N–H and O–H groups in total. The lowest BCUT2D eigenvalue weighted by Gasteiger charge is -2.14. The maximum absolute atomic E-state index is 11.2. The van der Waals surface area contributed by atoms with Gasteiger partial charge in [0.25, 0.3) is 0 Å². The third kappa shape index (κ3) is 3.61. The van der Waals surface area contributed by atoms with Crippen LogP contribution >= 0.6 is 0 Å². The van der Waals surface area contributed by atoms with Gasteiger partial charge in [-0.05, 0) is 12.1 Å². The first-order chi connectivity index (χ1) is 8.41. The number of hydrogen-bond acceptors (Lipinski definition) is 5. The van der Waals surface area contributed by atoms with Crippen molar-refractivity contribution in [2.75, 3.05) is 20.5 Å². The third-order valence-electron chi connectivity index (χ3n) is 2.21. The molecular formula is C11H14N2O4S. The molecule has 0 aromatic heterocycles. The van der Waals surface area contributed by atoms with E-state index in [0.29, 0.717) is 17.1 Å². The Bertz CT molecular complexity index is 563. The smallest absolute Gasteiger partial charge is 0.210 e. The number of nitriles is 1. The Hall–Kier alpha value is -1.78. The largest absolute Gasteiger partial charge is 0.497 e. The fourth-order valence-electron chi connectivity index (χ4n) is 1.43. The summed E-state index contributed by atoms with van der Waals surface area (Å²) in [7, 11) is -0.541. The van der Waals surface area contributed by atoms with Crippen molar-refractivity contribution in [1.29, 1.82) is 5.26 Å². The van der Waals surface area contributed by atoms with Gasteiger partial charge in [-0.25, -0.2) is 8.42 Å². The average Bonchev–Trinajstić information content (AvgIpc) is 2.34. The van der Waals surface area contributed by atoms with Crippen LogP contribution in [0.4, 0.5) is 0 Å². The molecule has 6 nitrogen and oxygen atoms in total. The van der Waals surface area contributed by atoms with E-state index in [-0.39, 0.29) is 0 Å². The lowest BCUT2D eigenvalue weighted by atomic mass is 10.1. The summed E-state index contributed by atoms with van der Waals surface area (Å²) in [6.07, 6.45) is 0.993. The molecular weight excluding hydrogens is 256 g/mol. The minimum Gasteiger partial charge on any atom is -0.497 e. The lowest BCUT2D eigenvalue weighted by molar-refractivity contribution is 0.389. The zero-order valence-corrected chi connectivity index (χ0v) is 11.1. The van der Waals surface area contributed by atoms with Gasteiger partial charge >= 0.3 is 0 Å². The molecule has 0 heterocycles. The van der Waals surface area contributed by atoms with Gasteiger partial charge < -0.3 is 9.47 Å². The second kappa shape index (κ2) is 5.71. The van der Waals surface area contributed by atoms with Crippen molar-refractivity contribution in [1.82, 2.24) is 4.72 Å². The number of sulfonamides is 1. The van der Waals surface area contributed by atoms with Crippen LogP contribution in [0.15, 0.2) is 18.2 Å². The van der Waals surface area contributed by atoms with Gasteiger partial charge in [0, 0.05) is 11.6 Å². The quantitative estimate of drug-likeness (QED) is 0.855. The number of hydrogen-bond donors (Lipinski definition) is 1. The van der Waals surface area contributed by atoms with Crippen LogP contribution < -0.4 is 14.2 Å². The van der Waals surface area contributed by atoms with E-state index in [1.807, 2.05) is 6.07 Å². The Morgan fingerprint density at radius 2 is 2.00 bits per heavy atom. The van der Waals surface area contributed by atoms with E-state index in [4.69, 9.17) is 14.7 Å². The van der Waals surface area contributed by atoms with Crippen LogP contribution in [0.2, 0.25) is 0 Å². The summed E-state index contributed by atoms with van der Waals surface area (Å²) in [6, 6.07) is 5.68. The first-order valence-corrected chi connectivity index (χ1v) is 6.89. The molecule has 0 amide bonds. The highest BCUT2D eigenvalue weighted by atomic mass is 32.2. The van der Waals surface area contributed by atoms with Gasteiger partial charge in [-0.3, -0.25) is 0 Å². The van der Waals surface area contributed by atoms with E-state index in [1.54, 1.807) is 18.2 Å². The zero-order chi connectivity index (χ0) is 13.8. The maximum atomic E-state index is 11.2. The van der Waals surface area contributed by atoms with E-state index in [9.17, 15) is 8.42 Å². The van der Waals surface area contributed by atoms with Crippen LogP contribution in [0.25, 0.3) is 0 Å². The molecule has 1 aromatic rings. The maximum Gasteiger partial charge on any atom is 0.210 e. The Morgan fingerprint density at radius 1 is 1.33 bits per heavy atom. The zero-order valence-electron chi connectivity index (χ0n) is 10.3. The van der Waals surface area contributed by atoms with Gasteiger partial charge in [0.05, 0.1) is 26.5 Å². The van der Waals surface area contributed by atoms with Gasteiger partial charge in [-0.1, -0.05) is 0 Å². The molecule has 98 valence electrons. The normalized spacial score (nSPS) is 12.6. The van der Waals surface area contributed by atoms with E-state index in [2.05, 4.69) is 4.72 Å². The molecule has 0 spiro atoms. The Kier molecular flexibility index (Phi) is 4.53. The van der Waals surface area contributed by atoms with E-state index < -0.39 is 16.1 Å².